The highest BCUT2D eigenvalue weighted by Gasteiger charge is 2.43. The van der Waals surface area contributed by atoms with Crippen molar-refractivity contribution in [3.63, 3.8) is 0 Å². The molecule has 1 fully saturated rings. The molecule has 0 spiro atoms. The van der Waals surface area contributed by atoms with Gasteiger partial charge in [0, 0.05) is 0 Å². The van der Waals surface area contributed by atoms with Crippen LogP contribution in [0.4, 0.5) is 0 Å². The predicted octanol–water partition coefficient (Wildman–Crippen LogP) is 1.29. The molecule has 0 aromatic carbocycles. The van der Waals surface area contributed by atoms with E-state index in [-0.39, 0.29) is 5.60 Å². The molecule has 2 N–H and O–H groups in total. The summed E-state index contributed by atoms with van der Waals surface area (Å²) in [4.78, 5) is 0. The highest BCUT2D eigenvalue weighted by Crippen LogP contribution is 2.43. The fourth-order valence-corrected chi connectivity index (χ4v) is 1.33. The molecular formula is C8H17NO. The van der Waals surface area contributed by atoms with Crippen LogP contribution in [0.2, 0.25) is 0 Å². The Morgan fingerprint density at radius 2 is 2.10 bits per heavy atom. The lowest BCUT2D eigenvalue weighted by molar-refractivity contribution is -0.0143. The molecule has 0 saturated heterocycles. The molecule has 0 aromatic heterocycles. The highest BCUT2D eigenvalue weighted by molar-refractivity contribution is 4.96. The van der Waals surface area contributed by atoms with E-state index in [9.17, 15) is 0 Å². The smallest absolute Gasteiger partial charge is 0.0700 e. The zero-order valence-electron chi connectivity index (χ0n) is 6.89. The molecule has 0 atom stereocenters. The quantitative estimate of drug-likeness (QED) is 0.643. The predicted molar refractivity (Wildman–Crippen MR) is 41.9 cm³/mol. The lowest BCUT2D eigenvalue weighted by atomic mass is 10.2. The Morgan fingerprint density at radius 3 is 2.40 bits per heavy atom. The van der Waals surface area contributed by atoms with Gasteiger partial charge >= 0.3 is 0 Å². The molecule has 1 aliphatic rings. The van der Waals surface area contributed by atoms with Gasteiger partial charge in [-0.1, -0.05) is 0 Å². The molecule has 10 heavy (non-hydrogen) atoms. The van der Waals surface area contributed by atoms with E-state index in [1.165, 1.54) is 12.8 Å². The first kappa shape index (κ1) is 8.02. The van der Waals surface area contributed by atoms with E-state index in [0.717, 1.165) is 13.0 Å². The van der Waals surface area contributed by atoms with Crippen molar-refractivity contribution in [2.45, 2.75) is 44.8 Å². The largest absolute Gasteiger partial charge is 0.372 e. The molecule has 0 bridgehead atoms. The van der Waals surface area contributed by atoms with Crippen LogP contribution in [-0.2, 0) is 4.74 Å². The summed E-state index contributed by atoms with van der Waals surface area (Å²) >= 11 is 0. The van der Waals surface area contributed by atoms with Gasteiger partial charge < -0.3 is 10.5 Å². The minimum Gasteiger partial charge on any atom is -0.372 e. The number of nitrogens with two attached hydrogens (primary N) is 1. The van der Waals surface area contributed by atoms with Gasteiger partial charge in [0.05, 0.1) is 11.7 Å². The van der Waals surface area contributed by atoms with Crippen LogP contribution in [-0.4, -0.2) is 18.2 Å². The number of hydrogen-bond donors (Lipinski definition) is 1. The molecule has 60 valence electrons. The Labute approximate surface area is 62.7 Å². The maximum atomic E-state index is 5.71. The van der Waals surface area contributed by atoms with E-state index < -0.39 is 0 Å². The molecule has 0 amide bonds. The van der Waals surface area contributed by atoms with Crippen molar-refractivity contribution >= 4 is 0 Å². The van der Waals surface area contributed by atoms with Gasteiger partial charge in [-0.2, -0.15) is 0 Å². The molecule has 1 aliphatic carbocycles. The summed E-state index contributed by atoms with van der Waals surface area (Å²) in [6.45, 7) is 4.92. The Bertz CT molecular complexity index is 108. The summed E-state index contributed by atoms with van der Waals surface area (Å²) in [5.74, 6) is 0. The van der Waals surface area contributed by atoms with Crippen molar-refractivity contribution in [2.24, 2.45) is 5.73 Å². The minimum atomic E-state index is 0.197. The molecule has 0 radical (unpaired) electrons. The summed E-state index contributed by atoms with van der Waals surface area (Å²) in [7, 11) is 0. The molecule has 0 aromatic rings. The SMILES string of the molecule is CC(C)OC1(CCN)CC1. The topological polar surface area (TPSA) is 35.2 Å². The van der Waals surface area contributed by atoms with Gasteiger partial charge in [-0.3, -0.25) is 0 Å². The Hall–Kier alpha value is -0.0800. The first-order chi connectivity index (χ1) is 4.68. The number of ether oxygens (including phenoxy) is 1. The summed E-state index contributed by atoms with van der Waals surface area (Å²) in [6, 6.07) is 0. The highest BCUT2D eigenvalue weighted by atomic mass is 16.5. The fourth-order valence-electron chi connectivity index (χ4n) is 1.33. The van der Waals surface area contributed by atoms with Crippen molar-refractivity contribution in [3.8, 4) is 0 Å². The van der Waals surface area contributed by atoms with Crippen molar-refractivity contribution in [3.05, 3.63) is 0 Å². The molecule has 2 nitrogen and oxygen atoms in total. The van der Waals surface area contributed by atoms with Gasteiger partial charge in [0.2, 0.25) is 0 Å². The average molecular weight is 143 g/mol. The lowest BCUT2D eigenvalue weighted by Crippen LogP contribution is -2.22. The second-order valence-electron chi connectivity index (χ2n) is 3.39. The second kappa shape index (κ2) is 2.89. The standard InChI is InChI=1S/C8H17NO/c1-7(2)10-8(3-4-8)5-6-9/h7H,3-6,9H2,1-2H3. The van der Waals surface area contributed by atoms with Crippen molar-refractivity contribution in [1.82, 2.24) is 0 Å². The van der Waals surface area contributed by atoms with E-state index >= 15 is 0 Å². The third-order valence-electron chi connectivity index (χ3n) is 1.89. The van der Waals surface area contributed by atoms with Crippen LogP contribution in [0.15, 0.2) is 0 Å². The molecule has 0 aliphatic heterocycles. The maximum absolute atomic E-state index is 5.71. The Kier molecular flexibility index (Phi) is 2.32. The molecule has 0 unspecified atom stereocenters. The summed E-state index contributed by atoms with van der Waals surface area (Å²) < 4.78 is 5.71. The lowest BCUT2D eigenvalue weighted by Gasteiger charge is -2.18. The Morgan fingerprint density at radius 1 is 1.50 bits per heavy atom. The Balaban J connectivity index is 2.23. The van der Waals surface area contributed by atoms with Crippen LogP contribution < -0.4 is 5.73 Å². The van der Waals surface area contributed by atoms with E-state index in [1.54, 1.807) is 0 Å². The van der Waals surface area contributed by atoms with Crippen LogP contribution in [0.25, 0.3) is 0 Å². The molecule has 1 rings (SSSR count). The summed E-state index contributed by atoms with van der Waals surface area (Å²) in [6.07, 6.45) is 3.81. The summed E-state index contributed by atoms with van der Waals surface area (Å²) in [5, 5.41) is 0. The minimum absolute atomic E-state index is 0.197. The number of rotatable bonds is 4. The average Bonchev–Trinajstić information content (AvgIpc) is 2.47. The first-order valence-corrected chi connectivity index (χ1v) is 4.06. The molecule has 0 heterocycles. The van der Waals surface area contributed by atoms with Crippen LogP contribution in [0.1, 0.15) is 33.1 Å². The van der Waals surface area contributed by atoms with Crippen LogP contribution in [0.3, 0.4) is 0 Å². The normalized spacial score (nSPS) is 21.6. The van der Waals surface area contributed by atoms with Gasteiger partial charge in [-0.15, -0.1) is 0 Å². The molecule has 2 heteroatoms. The first-order valence-electron chi connectivity index (χ1n) is 4.06. The van der Waals surface area contributed by atoms with Crippen molar-refractivity contribution in [2.75, 3.05) is 6.54 Å². The second-order valence-corrected chi connectivity index (χ2v) is 3.39. The van der Waals surface area contributed by atoms with E-state index in [2.05, 4.69) is 13.8 Å². The van der Waals surface area contributed by atoms with E-state index in [4.69, 9.17) is 10.5 Å². The number of hydrogen-bond acceptors (Lipinski definition) is 2. The third-order valence-corrected chi connectivity index (χ3v) is 1.89. The fraction of sp³-hybridized carbons (Fsp3) is 1.00. The third kappa shape index (κ3) is 1.96. The molecule has 1 saturated carbocycles. The van der Waals surface area contributed by atoms with Crippen molar-refractivity contribution < 1.29 is 4.74 Å². The van der Waals surface area contributed by atoms with Gasteiger partial charge in [0.1, 0.15) is 0 Å². The maximum Gasteiger partial charge on any atom is 0.0700 e. The zero-order chi connectivity index (χ0) is 7.61. The van der Waals surface area contributed by atoms with Gasteiger partial charge in [-0.05, 0) is 39.7 Å². The van der Waals surface area contributed by atoms with Crippen LogP contribution >= 0.6 is 0 Å². The van der Waals surface area contributed by atoms with Gasteiger partial charge in [-0.25, -0.2) is 0 Å². The van der Waals surface area contributed by atoms with Crippen LogP contribution in [0.5, 0.6) is 0 Å². The van der Waals surface area contributed by atoms with Crippen LogP contribution in [0, 0.1) is 0 Å². The monoisotopic (exact) mass is 143 g/mol. The molecular weight excluding hydrogens is 126 g/mol. The van der Waals surface area contributed by atoms with Gasteiger partial charge in [0.25, 0.3) is 0 Å². The van der Waals surface area contributed by atoms with E-state index in [1.807, 2.05) is 0 Å². The van der Waals surface area contributed by atoms with Gasteiger partial charge in [0.15, 0.2) is 0 Å². The van der Waals surface area contributed by atoms with E-state index in [0.29, 0.717) is 6.10 Å². The van der Waals surface area contributed by atoms with Crippen molar-refractivity contribution in [1.29, 1.82) is 0 Å². The summed E-state index contributed by atoms with van der Waals surface area (Å²) in [5.41, 5.74) is 5.65. The zero-order valence-corrected chi connectivity index (χ0v) is 6.89.